The second-order valence-corrected chi connectivity index (χ2v) is 5.26. The highest BCUT2D eigenvalue weighted by atomic mass is 16.5. The molecule has 0 radical (unpaired) electrons. The Labute approximate surface area is 128 Å². The summed E-state index contributed by atoms with van der Waals surface area (Å²) in [4.78, 5) is 36.3. The zero-order valence-corrected chi connectivity index (χ0v) is 12.6. The maximum atomic E-state index is 11.7. The Kier molecular flexibility index (Phi) is 4.98. The Bertz CT molecular complexity index is 569. The van der Waals surface area contributed by atoms with Gasteiger partial charge >= 0.3 is 5.97 Å². The molecule has 0 unspecified atom stereocenters. The van der Waals surface area contributed by atoms with Gasteiger partial charge in [-0.25, -0.2) is 4.79 Å². The normalized spacial score (nSPS) is 16.8. The number of carbonyl (C=O) groups is 3. The van der Waals surface area contributed by atoms with Crippen LogP contribution in [0.15, 0.2) is 24.3 Å². The third kappa shape index (κ3) is 4.21. The van der Waals surface area contributed by atoms with Crippen LogP contribution in [0.2, 0.25) is 0 Å². The van der Waals surface area contributed by atoms with Gasteiger partial charge in [0.1, 0.15) is 6.04 Å². The Balaban J connectivity index is 1.78. The van der Waals surface area contributed by atoms with Crippen LogP contribution in [0.25, 0.3) is 0 Å². The maximum absolute atomic E-state index is 11.7. The van der Waals surface area contributed by atoms with Crippen LogP contribution in [0, 0.1) is 0 Å². The number of carbonyl (C=O) groups excluding carboxylic acids is 3. The molecular formula is C15H19N3O4. The number of rotatable bonds is 5. The van der Waals surface area contributed by atoms with Crippen LogP contribution in [-0.2, 0) is 19.1 Å². The number of nitrogens with one attached hydrogen (secondary N) is 2. The molecule has 1 aromatic carbocycles. The summed E-state index contributed by atoms with van der Waals surface area (Å²) in [6.07, 6.45) is 0.718. The summed E-state index contributed by atoms with van der Waals surface area (Å²) in [5.41, 5.74) is 1.64. The molecule has 0 aromatic heterocycles. The van der Waals surface area contributed by atoms with E-state index in [0.29, 0.717) is 18.5 Å². The van der Waals surface area contributed by atoms with E-state index in [-0.39, 0.29) is 12.5 Å². The van der Waals surface area contributed by atoms with Gasteiger partial charge in [-0.05, 0) is 30.7 Å². The average molecular weight is 305 g/mol. The molecule has 1 heterocycles. The van der Waals surface area contributed by atoms with E-state index >= 15 is 0 Å². The molecule has 22 heavy (non-hydrogen) atoms. The molecule has 1 atom stereocenters. The SMILES string of the molecule is CN(C)c1ccc(NC(=O)COC(=O)[C@@H]2CCC(=O)N2)cc1. The van der Waals surface area contributed by atoms with Gasteiger partial charge in [0.2, 0.25) is 5.91 Å². The number of amides is 2. The first-order valence-corrected chi connectivity index (χ1v) is 6.99. The number of hydrogen-bond acceptors (Lipinski definition) is 5. The number of ether oxygens (including phenoxy) is 1. The summed E-state index contributed by atoms with van der Waals surface area (Å²) < 4.78 is 4.90. The molecule has 7 nitrogen and oxygen atoms in total. The maximum Gasteiger partial charge on any atom is 0.329 e. The van der Waals surface area contributed by atoms with Gasteiger partial charge in [-0.2, -0.15) is 0 Å². The molecule has 2 amide bonds. The molecular weight excluding hydrogens is 286 g/mol. The Hall–Kier alpha value is -2.57. The second-order valence-electron chi connectivity index (χ2n) is 5.26. The summed E-state index contributed by atoms with van der Waals surface area (Å²) in [7, 11) is 3.85. The summed E-state index contributed by atoms with van der Waals surface area (Å²) in [6.45, 7) is -0.374. The lowest BCUT2D eigenvalue weighted by Crippen LogP contribution is -2.36. The predicted molar refractivity (Wildman–Crippen MR) is 81.5 cm³/mol. The van der Waals surface area contributed by atoms with Crippen molar-refractivity contribution in [1.29, 1.82) is 0 Å². The number of benzene rings is 1. The topological polar surface area (TPSA) is 87.7 Å². The smallest absolute Gasteiger partial charge is 0.329 e. The minimum atomic E-state index is -0.639. The van der Waals surface area contributed by atoms with Crippen molar-refractivity contribution in [3.05, 3.63) is 24.3 Å². The molecule has 1 aromatic rings. The Morgan fingerprint density at radius 3 is 2.55 bits per heavy atom. The van der Waals surface area contributed by atoms with Gasteiger partial charge in [0.15, 0.2) is 6.61 Å². The molecule has 1 fully saturated rings. The van der Waals surface area contributed by atoms with Crippen molar-refractivity contribution in [3.63, 3.8) is 0 Å². The Morgan fingerprint density at radius 1 is 1.32 bits per heavy atom. The highest BCUT2D eigenvalue weighted by Crippen LogP contribution is 2.15. The minimum absolute atomic E-state index is 0.174. The summed E-state index contributed by atoms with van der Waals surface area (Å²) in [5, 5.41) is 5.13. The fourth-order valence-corrected chi connectivity index (χ4v) is 2.07. The third-order valence-electron chi connectivity index (χ3n) is 3.29. The molecule has 0 bridgehead atoms. The van der Waals surface area contributed by atoms with E-state index in [2.05, 4.69) is 10.6 Å². The number of anilines is 2. The van der Waals surface area contributed by atoms with E-state index < -0.39 is 17.9 Å². The summed E-state index contributed by atoms with van der Waals surface area (Å²) in [5.74, 6) is -1.17. The molecule has 1 aliphatic rings. The van der Waals surface area contributed by atoms with Crippen molar-refractivity contribution < 1.29 is 19.1 Å². The van der Waals surface area contributed by atoms with E-state index in [0.717, 1.165) is 5.69 Å². The molecule has 2 rings (SSSR count). The van der Waals surface area contributed by atoms with Crippen molar-refractivity contribution in [1.82, 2.24) is 5.32 Å². The van der Waals surface area contributed by atoms with Gasteiger partial charge in [0.05, 0.1) is 0 Å². The highest BCUT2D eigenvalue weighted by Gasteiger charge is 2.28. The molecule has 0 spiro atoms. The van der Waals surface area contributed by atoms with Crippen LogP contribution in [0.1, 0.15) is 12.8 Å². The number of nitrogens with zero attached hydrogens (tertiary/aromatic N) is 1. The van der Waals surface area contributed by atoms with E-state index in [9.17, 15) is 14.4 Å². The largest absolute Gasteiger partial charge is 0.454 e. The van der Waals surface area contributed by atoms with Crippen molar-refractivity contribution in [2.45, 2.75) is 18.9 Å². The lowest BCUT2D eigenvalue weighted by atomic mass is 10.2. The lowest BCUT2D eigenvalue weighted by molar-refractivity contribution is -0.149. The summed E-state index contributed by atoms with van der Waals surface area (Å²) >= 11 is 0. The highest BCUT2D eigenvalue weighted by molar-refractivity contribution is 5.94. The average Bonchev–Trinajstić information content (AvgIpc) is 2.92. The van der Waals surface area contributed by atoms with Gasteiger partial charge in [0.25, 0.3) is 5.91 Å². The number of esters is 1. The molecule has 7 heteroatoms. The van der Waals surface area contributed by atoms with Crippen LogP contribution < -0.4 is 15.5 Å². The molecule has 0 aliphatic carbocycles. The zero-order valence-electron chi connectivity index (χ0n) is 12.6. The van der Waals surface area contributed by atoms with Crippen LogP contribution in [0.4, 0.5) is 11.4 Å². The molecule has 0 saturated carbocycles. The van der Waals surface area contributed by atoms with Gasteiger partial charge in [-0.1, -0.05) is 0 Å². The summed E-state index contributed by atoms with van der Waals surface area (Å²) in [6, 6.07) is 6.64. The van der Waals surface area contributed by atoms with Crippen LogP contribution in [-0.4, -0.2) is 44.5 Å². The predicted octanol–water partition coefficient (Wildman–Crippen LogP) is 0.513. The van der Waals surface area contributed by atoms with Gasteiger partial charge in [-0.15, -0.1) is 0 Å². The molecule has 2 N–H and O–H groups in total. The Morgan fingerprint density at radius 2 is 2.00 bits per heavy atom. The molecule has 1 saturated heterocycles. The van der Waals surface area contributed by atoms with Gasteiger partial charge < -0.3 is 20.3 Å². The third-order valence-corrected chi connectivity index (χ3v) is 3.29. The van der Waals surface area contributed by atoms with Crippen molar-refractivity contribution in [3.8, 4) is 0 Å². The monoisotopic (exact) mass is 305 g/mol. The van der Waals surface area contributed by atoms with Crippen LogP contribution in [0.3, 0.4) is 0 Å². The van der Waals surface area contributed by atoms with E-state index in [1.54, 1.807) is 12.1 Å². The fraction of sp³-hybridized carbons (Fsp3) is 0.400. The van der Waals surface area contributed by atoms with E-state index in [4.69, 9.17) is 4.74 Å². The molecule has 1 aliphatic heterocycles. The first-order valence-electron chi connectivity index (χ1n) is 6.99. The number of hydrogen-bond donors (Lipinski definition) is 2. The standard InChI is InChI=1S/C15H19N3O4/c1-18(2)11-5-3-10(4-6-11)16-14(20)9-22-15(21)12-7-8-13(19)17-12/h3-6,12H,7-9H2,1-2H3,(H,16,20)(H,17,19)/t12-/m0/s1. The van der Waals surface area contributed by atoms with E-state index in [1.165, 1.54) is 0 Å². The van der Waals surface area contributed by atoms with Crippen molar-refractivity contribution >= 4 is 29.2 Å². The van der Waals surface area contributed by atoms with Crippen LogP contribution in [0.5, 0.6) is 0 Å². The molecule has 118 valence electrons. The fourth-order valence-electron chi connectivity index (χ4n) is 2.07. The van der Waals surface area contributed by atoms with Crippen molar-refractivity contribution in [2.75, 3.05) is 30.9 Å². The van der Waals surface area contributed by atoms with Crippen molar-refractivity contribution in [2.24, 2.45) is 0 Å². The minimum Gasteiger partial charge on any atom is -0.454 e. The van der Waals surface area contributed by atoms with Gasteiger partial charge in [0, 0.05) is 31.9 Å². The quantitative estimate of drug-likeness (QED) is 0.774. The first kappa shape index (κ1) is 15.8. The van der Waals surface area contributed by atoms with E-state index in [1.807, 2.05) is 31.1 Å². The first-order chi connectivity index (χ1) is 10.5. The zero-order chi connectivity index (χ0) is 16.1. The van der Waals surface area contributed by atoms with Gasteiger partial charge in [-0.3, -0.25) is 9.59 Å². The second kappa shape index (κ2) is 6.93. The van der Waals surface area contributed by atoms with Crippen LogP contribution >= 0.6 is 0 Å². The lowest BCUT2D eigenvalue weighted by Gasteiger charge is -2.13.